The molecular formula is C50H53N5O7. The van der Waals surface area contributed by atoms with Crippen molar-refractivity contribution < 1.29 is 33.4 Å². The van der Waals surface area contributed by atoms with E-state index < -0.39 is 41.6 Å². The van der Waals surface area contributed by atoms with Crippen LogP contribution in [-0.2, 0) is 56.5 Å². The Morgan fingerprint density at radius 1 is 0.694 bits per heavy atom. The van der Waals surface area contributed by atoms with Crippen LogP contribution in [0.25, 0.3) is 22.3 Å². The van der Waals surface area contributed by atoms with E-state index in [-0.39, 0.29) is 50.8 Å². The smallest absolute Gasteiger partial charge is 0.408 e. The van der Waals surface area contributed by atoms with Crippen molar-refractivity contribution in [3.05, 3.63) is 155 Å². The van der Waals surface area contributed by atoms with Crippen molar-refractivity contribution in [2.45, 2.75) is 83.3 Å². The number of benzene rings is 5. The second kappa shape index (κ2) is 20.1. The SMILES string of the molecule is CC(C)[C@@H]1NC(=O)C2(NC(=O)OCc3ccccc3)Cc3c(-c4ccccc4)cc(c(-c4ccccc4)c3C2)CNC(=O)[C@H](CCCCNC(=O)OCc2ccccc2)NC1=O. The fourth-order valence-electron chi connectivity index (χ4n) is 8.23. The fraction of sp³-hybridized carbons (Fsp3) is 0.300. The van der Waals surface area contributed by atoms with Crippen LogP contribution in [0.5, 0.6) is 0 Å². The first-order valence-corrected chi connectivity index (χ1v) is 21.2. The van der Waals surface area contributed by atoms with Crippen LogP contribution in [0.15, 0.2) is 127 Å². The van der Waals surface area contributed by atoms with Crippen LogP contribution in [0.2, 0.25) is 0 Å². The highest BCUT2D eigenvalue weighted by Crippen LogP contribution is 2.45. The van der Waals surface area contributed by atoms with Gasteiger partial charge in [-0.05, 0) is 81.3 Å². The average Bonchev–Trinajstić information content (AvgIpc) is 3.68. The third-order valence-corrected chi connectivity index (χ3v) is 11.4. The average molecular weight is 836 g/mol. The summed E-state index contributed by atoms with van der Waals surface area (Å²) < 4.78 is 11.0. The van der Waals surface area contributed by atoms with Crippen LogP contribution in [0.1, 0.15) is 60.9 Å². The number of carbonyl (C=O) groups excluding carboxylic acids is 5. The molecule has 7 rings (SSSR count). The molecule has 0 radical (unpaired) electrons. The maximum Gasteiger partial charge on any atom is 0.408 e. The van der Waals surface area contributed by atoms with E-state index in [9.17, 15) is 19.2 Å². The van der Waals surface area contributed by atoms with Crippen molar-refractivity contribution in [3.63, 3.8) is 0 Å². The highest BCUT2D eigenvalue weighted by Gasteiger charge is 2.49. The molecule has 0 aromatic heterocycles. The fourth-order valence-corrected chi connectivity index (χ4v) is 8.23. The highest BCUT2D eigenvalue weighted by atomic mass is 16.6. The molecule has 62 heavy (non-hydrogen) atoms. The van der Waals surface area contributed by atoms with Crippen LogP contribution < -0.4 is 26.6 Å². The Labute approximate surface area is 362 Å². The Hall–Kier alpha value is -6.95. The number of amides is 5. The summed E-state index contributed by atoms with van der Waals surface area (Å²) in [6, 6.07) is 38.4. The Morgan fingerprint density at radius 2 is 1.26 bits per heavy atom. The molecule has 0 saturated heterocycles. The summed E-state index contributed by atoms with van der Waals surface area (Å²) in [5.41, 5.74) is 6.19. The van der Waals surface area contributed by atoms with Crippen LogP contribution in [0.4, 0.5) is 9.59 Å². The van der Waals surface area contributed by atoms with Gasteiger partial charge in [0.1, 0.15) is 30.8 Å². The first kappa shape index (κ1) is 43.1. The molecule has 12 nitrogen and oxygen atoms in total. The van der Waals surface area contributed by atoms with Crippen LogP contribution in [0.3, 0.4) is 0 Å². The van der Waals surface area contributed by atoms with Gasteiger partial charge in [-0.15, -0.1) is 0 Å². The minimum Gasteiger partial charge on any atom is -0.445 e. The Balaban J connectivity index is 1.20. The third kappa shape index (κ3) is 10.5. The molecule has 0 saturated carbocycles. The lowest BCUT2D eigenvalue weighted by Gasteiger charge is -2.32. The molecule has 320 valence electrons. The largest absolute Gasteiger partial charge is 0.445 e. The first-order chi connectivity index (χ1) is 30.1. The van der Waals surface area contributed by atoms with Gasteiger partial charge in [-0.3, -0.25) is 14.4 Å². The maximum absolute atomic E-state index is 15.0. The van der Waals surface area contributed by atoms with Crippen molar-refractivity contribution >= 4 is 29.9 Å². The molecule has 1 heterocycles. The zero-order valence-corrected chi connectivity index (χ0v) is 35.1. The summed E-state index contributed by atoms with van der Waals surface area (Å²) >= 11 is 0. The summed E-state index contributed by atoms with van der Waals surface area (Å²) in [6.07, 6.45) is 0.175. The van der Waals surface area contributed by atoms with Crippen molar-refractivity contribution in [1.29, 1.82) is 0 Å². The van der Waals surface area contributed by atoms with Crippen molar-refractivity contribution in [3.8, 4) is 22.3 Å². The summed E-state index contributed by atoms with van der Waals surface area (Å²) in [5, 5.41) is 14.8. The molecule has 1 aliphatic carbocycles. The van der Waals surface area contributed by atoms with Gasteiger partial charge in [-0.25, -0.2) is 9.59 Å². The van der Waals surface area contributed by atoms with Gasteiger partial charge in [0.2, 0.25) is 17.7 Å². The maximum atomic E-state index is 15.0. The van der Waals surface area contributed by atoms with Crippen LogP contribution >= 0.6 is 0 Å². The van der Waals surface area contributed by atoms with E-state index in [1.165, 1.54) is 0 Å². The van der Waals surface area contributed by atoms with Crippen LogP contribution in [0, 0.1) is 5.92 Å². The molecule has 2 aliphatic rings. The van der Waals surface area contributed by atoms with Gasteiger partial charge in [0.05, 0.1) is 0 Å². The predicted octanol–water partition coefficient (Wildman–Crippen LogP) is 7.14. The zero-order valence-electron chi connectivity index (χ0n) is 35.1. The highest BCUT2D eigenvalue weighted by molar-refractivity contribution is 5.98. The van der Waals surface area contributed by atoms with Crippen LogP contribution in [-0.4, -0.2) is 54.1 Å². The summed E-state index contributed by atoms with van der Waals surface area (Å²) in [5.74, 6) is -1.83. The molecule has 5 amide bonds. The lowest BCUT2D eigenvalue weighted by Crippen LogP contribution is -2.64. The molecule has 5 aromatic carbocycles. The van der Waals surface area contributed by atoms with Gasteiger partial charge in [0.15, 0.2) is 0 Å². The summed E-state index contributed by atoms with van der Waals surface area (Å²) in [7, 11) is 0. The molecule has 1 unspecified atom stereocenters. The minimum atomic E-state index is -1.54. The molecule has 12 heteroatoms. The van der Waals surface area contributed by atoms with Gasteiger partial charge in [-0.1, -0.05) is 135 Å². The van der Waals surface area contributed by atoms with E-state index in [1.54, 1.807) is 0 Å². The van der Waals surface area contributed by atoms with E-state index in [4.69, 9.17) is 9.47 Å². The number of fused-ring (bicyclic) bond motifs is 2. The van der Waals surface area contributed by atoms with E-state index in [2.05, 4.69) is 32.7 Å². The lowest BCUT2D eigenvalue weighted by molar-refractivity contribution is -0.135. The molecule has 1 aliphatic heterocycles. The Morgan fingerprint density at radius 3 is 1.87 bits per heavy atom. The number of hydrogen-bond acceptors (Lipinski definition) is 7. The lowest BCUT2D eigenvalue weighted by atomic mass is 9.86. The number of hydrogen-bond donors (Lipinski definition) is 5. The second-order valence-electron chi connectivity index (χ2n) is 16.2. The molecule has 3 bridgehead atoms. The summed E-state index contributed by atoms with van der Waals surface area (Å²) in [6.45, 7) is 4.20. The summed E-state index contributed by atoms with van der Waals surface area (Å²) in [4.78, 5) is 69.6. The topological polar surface area (TPSA) is 164 Å². The first-order valence-electron chi connectivity index (χ1n) is 21.2. The zero-order chi connectivity index (χ0) is 43.5. The van der Waals surface area contributed by atoms with Gasteiger partial charge in [-0.2, -0.15) is 0 Å². The van der Waals surface area contributed by atoms with Gasteiger partial charge in [0, 0.05) is 25.9 Å². The third-order valence-electron chi connectivity index (χ3n) is 11.4. The monoisotopic (exact) mass is 835 g/mol. The quantitative estimate of drug-likeness (QED) is 0.0788. The van der Waals surface area contributed by atoms with Crippen molar-refractivity contribution in [2.75, 3.05) is 6.54 Å². The molecule has 5 aromatic rings. The van der Waals surface area contributed by atoms with Crippen molar-refractivity contribution in [1.82, 2.24) is 26.6 Å². The minimum absolute atomic E-state index is 0.00147. The Kier molecular flexibility index (Phi) is 14.0. The second-order valence-corrected chi connectivity index (χ2v) is 16.2. The standard InChI is InChI=1S/C50H53N5O7/c1-33(2)44-46(57)53-42(25-15-16-26-51-48(59)61-31-34-17-7-3-8-18-34)45(56)52-30-38-27-39(36-21-11-5-12-22-36)40-28-50(47(58)54-44,29-41(40)43(38)37-23-13-6-14-24-37)55-49(60)62-32-35-19-9-4-10-20-35/h3-14,17-24,27,33,42,44H,15-16,25-26,28-32H2,1-2H3,(H,51,59)(H,52,56)(H,53,57)(H,54,58)(H,55,60)/t42-,44-,50?/m0/s1. The van der Waals surface area contributed by atoms with Gasteiger partial charge in [0.25, 0.3) is 0 Å². The number of ether oxygens (including phenoxy) is 2. The van der Waals surface area contributed by atoms with E-state index in [0.29, 0.717) is 19.4 Å². The van der Waals surface area contributed by atoms with E-state index in [0.717, 1.165) is 50.1 Å². The number of rotatable bonds is 13. The molecule has 5 N–H and O–H groups in total. The van der Waals surface area contributed by atoms with E-state index in [1.807, 2.05) is 135 Å². The molecular weight excluding hydrogens is 783 g/mol. The number of carbonyl (C=O) groups is 5. The molecule has 0 fully saturated rings. The van der Waals surface area contributed by atoms with E-state index >= 15 is 4.79 Å². The van der Waals surface area contributed by atoms with Gasteiger partial charge >= 0.3 is 12.2 Å². The normalized spacial score (nSPS) is 18.5. The van der Waals surface area contributed by atoms with Crippen molar-refractivity contribution in [2.24, 2.45) is 5.92 Å². The number of nitrogens with one attached hydrogen (secondary N) is 5. The predicted molar refractivity (Wildman–Crippen MR) is 236 cm³/mol. The van der Waals surface area contributed by atoms with Gasteiger partial charge < -0.3 is 36.1 Å². The number of unbranched alkanes of at least 4 members (excludes halogenated alkanes) is 1. The molecule has 0 spiro atoms. The number of alkyl carbamates (subject to hydrolysis) is 2. The Bertz CT molecular complexity index is 2360. The molecule has 3 atom stereocenters.